The lowest BCUT2D eigenvalue weighted by atomic mass is 10.0. The zero-order valence-electron chi connectivity index (χ0n) is 10.7. The van der Waals surface area contributed by atoms with Crippen molar-refractivity contribution in [2.75, 3.05) is 19.7 Å². The number of rotatable bonds is 4. The number of carbonyl (C=O) groups is 1. The molecule has 1 saturated heterocycles. The molecule has 1 aromatic carbocycles. The van der Waals surface area contributed by atoms with Gasteiger partial charge in [0.15, 0.2) is 0 Å². The third-order valence-electron chi connectivity index (χ3n) is 3.26. The summed E-state index contributed by atoms with van der Waals surface area (Å²) in [6.07, 6.45) is 0.892. The number of hydrogen-bond acceptors (Lipinski definition) is 4. The molecule has 0 spiro atoms. The topological polar surface area (TPSA) is 55.6 Å². The summed E-state index contributed by atoms with van der Waals surface area (Å²) in [5.41, 5.74) is 7.23. The molecule has 0 aromatic heterocycles. The quantitative estimate of drug-likeness (QED) is 0.817. The average molecular weight is 248 g/mol. The van der Waals surface area contributed by atoms with Gasteiger partial charge < -0.3 is 10.5 Å². The van der Waals surface area contributed by atoms with Crippen LogP contribution in [0.25, 0.3) is 0 Å². The number of ether oxygens (including phenoxy) is 1. The highest BCUT2D eigenvalue weighted by molar-refractivity contribution is 5.71. The Morgan fingerprint density at radius 1 is 1.44 bits per heavy atom. The van der Waals surface area contributed by atoms with Crippen molar-refractivity contribution < 1.29 is 9.53 Å². The molecule has 0 aliphatic carbocycles. The lowest BCUT2D eigenvalue weighted by Gasteiger charge is -2.23. The van der Waals surface area contributed by atoms with Crippen LogP contribution in [-0.2, 0) is 9.53 Å². The van der Waals surface area contributed by atoms with Gasteiger partial charge in [0, 0.05) is 18.6 Å². The van der Waals surface area contributed by atoms with E-state index in [1.165, 1.54) is 5.56 Å². The fourth-order valence-electron chi connectivity index (χ4n) is 2.51. The molecule has 1 aliphatic rings. The fraction of sp³-hybridized carbons (Fsp3) is 0.500. The predicted molar refractivity (Wildman–Crippen MR) is 70.0 cm³/mol. The summed E-state index contributed by atoms with van der Waals surface area (Å²) in [6, 6.07) is 10.6. The van der Waals surface area contributed by atoms with E-state index in [0.29, 0.717) is 13.2 Å². The van der Waals surface area contributed by atoms with Gasteiger partial charge in [0.05, 0.1) is 13.2 Å². The van der Waals surface area contributed by atoms with Crippen molar-refractivity contribution in [1.29, 1.82) is 0 Å². The number of nitrogens with zero attached hydrogens (tertiary/aromatic N) is 1. The maximum Gasteiger partial charge on any atom is 0.320 e. The number of nitrogens with two attached hydrogens (primary N) is 1. The summed E-state index contributed by atoms with van der Waals surface area (Å²) in [7, 11) is 0. The summed E-state index contributed by atoms with van der Waals surface area (Å²) >= 11 is 0. The van der Waals surface area contributed by atoms with Gasteiger partial charge in [-0.3, -0.25) is 9.69 Å². The normalized spacial score (nSPS) is 24.1. The van der Waals surface area contributed by atoms with E-state index in [4.69, 9.17) is 10.5 Å². The Kier molecular flexibility index (Phi) is 4.33. The molecule has 1 fully saturated rings. The van der Waals surface area contributed by atoms with Gasteiger partial charge in [-0.05, 0) is 18.9 Å². The van der Waals surface area contributed by atoms with E-state index in [1.54, 1.807) is 0 Å². The molecule has 2 N–H and O–H groups in total. The second kappa shape index (κ2) is 5.98. The first-order valence-corrected chi connectivity index (χ1v) is 6.41. The molecular weight excluding hydrogens is 228 g/mol. The van der Waals surface area contributed by atoms with Crippen molar-refractivity contribution >= 4 is 5.97 Å². The zero-order valence-corrected chi connectivity index (χ0v) is 10.7. The SMILES string of the molecule is CCOC(=O)CN1CC(N)CC1c1ccccc1. The van der Waals surface area contributed by atoms with Gasteiger partial charge in [-0.25, -0.2) is 0 Å². The molecule has 2 rings (SSSR count). The number of hydrogen-bond donors (Lipinski definition) is 1. The van der Waals surface area contributed by atoms with E-state index in [0.717, 1.165) is 13.0 Å². The smallest absolute Gasteiger partial charge is 0.320 e. The Balaban J connectivity index is 2.06. The molecule has 0 saturated carbocycles. The minimum absolute atomic E-state index is 0.129. The molecule has 18 heavy (non-hydrogen) atoms. The van der Waals surface area contributed by atoms with E-state index in [2.05, 4.69) is 17.0 Å². The van der Waals surface area contributed by atoms with E-state index >= 15 is 0 Å². The summed E-state index contributed by atoms with van der Waals surface area (Å²) in [6.45, 7) is 3.32. The van der Waals surface area contributed by atoms with Crippen LogP contribution in [0.4, 0.5) is 0 Å². The van der Waals surface area contributed by atoms with Crippen LogP contribution in [0.5, 0.6) is 0 Å². The monoisotopic (exact) mass is 248 g/mol. The summed E-state index contributed by atoms with van der Waals surface area (Å²) in [4.78, 5) is 13.7. The third kappa shape index (κ3) is 3.09. The van der Waals surface area contributed by atoms with Crippen LogP contribution in [-0.4, -0.2) is 36.6 Å². The molecule has 1 heterocycles. The molecule has 0 bridgehead atoms. The lowest BCUT2D eigenvalue weighted by molar-refractivity contribution is -0.144. The highest BCUT2D eigenvalue weighted by Gasteiger charge is 2.32. The van der Waals surface area contributed by atoms with Gasteiger partial charge in [0.25, 0.3) is 0 Å². The van der Waals surface area contributed by atoms with Crippen LogP contribution in [0.3, 0.4) is 0 Å². The Labute approximate surface area is 108 Å². The molecule has 0 amide bonds. The first-order chi connectivity index (χ1) is 8.70. The second-order valence-corrected chi connectivity index (χ2v) is 4.66. The molecular formula is C14H20N2O2. The highest BCUT2D eigenvalue weighted by Crippen LogP contribution is 2.30. The summed E-state index contributed by atoms with van der Waals surface area (Å²) in [5, 5.41) is 0. The van der Waals surface area contributed by atoms with E-state index in [1.807, 2.05) is 25.1 Å². The van der Waals surface area contributed by atoms with Crippen molar-refractivity contribution in [2.45, 2.75) is 25.4 Å². The first kappa shape index (κ1) is 13.1. The lowest BCUT2D eigenvalue weighted by Crippen LogP contribution is -2.33. The largest absolute Gasteiger partial charge is 0.465 e. The molecule has 4 nitrogen and oxygen atoms in total. The first-order valence-electron chi connectivity index (χ1n) is 6.41. The van der Waals surface area contributed by atoms with E-state index < -0.39 is 0 Å². The van der Waals surface area contributed by atoms with Gasteiger partial charge in [0.1, 0.15) is 0 Å². The minimum Gasteiger partial charge on any atom is -0.465 e. The molecule has 98 valence electrons. The minimum atomic E-state index is -0.174. The van der Waals surface area contributed by atoms with Crippen LogP contribution in [0.2, 0.25) is 0 Å². The van der Waals surface area contributed by atoms with Gasteiger partial charge >= 0.3 is 5.97 Å². The van der Waals surface area contributed by atoms with Crippen LogP contribution >= 0.6 is 0 Å². The zero-order chi connectivity index (χ0) is 13.0. The summed E-state index contributed by atoms with van der Waals surface area (Å²) < 4.78 is 5.00. The van der Waals surface area contributed by atoms with Crippen molar-refractivity contribution in [1.82, 2.24) is 4.90 Å². The number of esters is 1. The van der Waals surface area contributed by atoms with Crippen molar-refractivity contribution in [3.8, 4) is 0 Å². The number of likely N-dealkylation sites (tertiary alicyclic amines) is 1. The number of carbonyl (C=O) groups excluding carboxylic acids is 1. The standard InChI is InChI=1S/C14H20N2O2/c1-2-18-14(17)10-16-9-12(15)8-13(16)11-6-4-3-5-7-11/h3-7,12-13H,2,8-10,15H2,1H3. The average Bonchev–Trinajstić information content (AvgIpc) is 2.71. The van der Waals surface area contributed by atoms with Crippen LogP contribution in [0, 0.1) is 0 Å². The maximum atomic E-state index is 11.6. The van der Waals surface area contributed by atoms with Crippen molar-refractivity contribution in [3.05, 3.63) is 35.9 Å². The Bertz CT molecular complexity index is 394. The van der Waals surface area contributed by atoms with Crippen LogP contribution < -0.4 is 5.73 Å². The second-order valence-electron chi connectivity index (χ2n) is 4.66. The molecule has 2 unspecified atom stereocenters. The molecule has 0 radical (unpaired) electrons. The fourth-order valence-corrected chi connectivity index (χ4v) is 2.51. The van der Waals surface area contributed by atoms with Crippen molar-refractivity contribution in [3.63, 3.8) is 0 Å². The molecule has 1 aliphatic heterocycles. The van der Waals surface area contributed by atoms with Gasteiger partial charge in [-0.15, -0.1) is 0 Å². The van der Waals surface area contributed by atoms with Crippen LogP contribution in [0.1, 0.15) is 24.9 Å². The molecule has 2 atom stereocenters. The maximum absolute atomic E-state index is 11.6. The Hall–Kier alpha value is -1.39. The van der Waals surface area contributed by atoms with E-state index in [-0.39, 0.29) is 18.1 Å². The summed E-state index contributed by atoms with van der Waals surface area (Å²) in [5.74, 6) is -0.174. The van der Waals surface area contributed by atoms with E-state index in [9.17, 15) is 4.79 Å². The third-order valence-corrected chi connectivity index (χ3v) is 3.26. The van der Waals surface area contributed by atoms with Gasteiger partial charge in [-0.2, -0.15) is 0 Å². The molecule has 1 aromatic rings. The predicted octanol–water partition coefficient (Wildman–Crippen LogP) is 1.32. The van der Waals surface area contributed by atoms with Crippen LogP contribution in [0.15, 0.2) is 30.3 Å². The van der Waals surface area contributed by atoms with Gasteiger partial charge in [-0.1, -0.05) is 30.3 Å². The highest BCUT2D eigenvalue weighted by atomic mass is 16.5. The molecule has 4 heteroatoms. The number of benzene rings is 1. The Morgan fingerprint density at radius 3 is 2.83 bits per heavy atom. The van der Waals surface area contributed by atoms with Crippen molar-refractivity contribution in [2.24, 2.45) is 5.73 Å². The Morgan fingerprint density at radius 2 is 2.17 bits per heavy atom. The van der Waals surface area contributed by atoms with Gasteiger partial charge in [0.2, 0.25) is 0 Å².